The summed E-state index contributed by atoms with van der Waals surface area (Å²) in [4.78, 5) is 7.09. The fourth-order valence-corrected chi connectivity index (χ4v) is 3.26. The minimum atomic E-state index is 0.699. The van der Waals surface area contributed by atoms with Crippen molar-refractivity contribution in [1.82, 2.24) is 30.1 Å². The molecule has 6 heteroatoms. The van der Waals surface area contributed by atoms with E-state index in [0.717, 1.165) is 25.9 Å². The van der Waals surface area contributed by atoms with Gasteiger partial charge in [0, 0.05) is 31.0 Å². The molecule has 0 bridgehead atoms. The van der Waals surface area contributed by atoms with Crippen LogP contribution in [0.2, 0.25) is 0 Å². The van der Waals surface area contributed by atoms with Gasteiger partial charge in [-0.15, -0.1) is 5.10 Å². The number of aryl methyl sites for hydroxylation is 2. The second-order valence-electron chi connectivity index (χ2n) is 5.97. The molecule has 2 aromatic rings. The molecule has 6 nitrogen and oxygen atoms in total. The summed E-state index contributed by atoms with van der Waals surface area (Å²) in [6.07, 6.45) is 11.0. The Morgan fingerprint density at radius 3 is 3.00 bits per heavy atom. The third-order valence-corrected chi connectivity index (χ3v) is 4.43. The highest BCUT2D eigenvalue weighted by Gasteiger charge is 2.21. The van der Waals surface area contributed by atoms with Crippen LogP contribution >= 0.6 is 0 Å². The molecular weight excluding hydrogens is 276 g/mol. The van der Waals surface area contributed by atoms with Crippen LogP contribution < -0.4 is 0 Å². The van der Waals surface area contributed by atoms with Gasteiger partial charge in [0.15, 0.2) is 0 Å². The van der Waals surface area contributed by atoms with Gasteiger partial charge in [0.05, 0.1) is 0 Å². The molecule has 0 saturated carbocycles. The van der Waals surface area contributed by atoms with Gasteiger partial charge in [0.1, 0.15) is 6.33 Å². The number of hydrogen-bond acceptors (Lipinski definition) is 5. The molecule has 0 unspecified atom stereocenters. The van der Waals surface area contributed by atoms with Crippen molar-refractivity contribution in [3.8, 4) is 0 Å². The molecule has 0 spiro atoms. The van der Waals surface area contributed by atoms with Crippen molar-refractivity contribution in [2.24, 2.45) is 0 Å². The Labute approximate surface area is 131 Å². The van der Waals surface area contributed by atoms with Crippen LogP contribution in [0.15, 0.2) is 30.7 Å². The van der Waals surface area contributed by atoms with Crippen LogP contribution in [-0.4, -0.2) is 49.2 Å². The number of piperidine rings is 1. The Hall–Kier alpha value is -1.82. The SMILES string of the molecule is c1ccc(CC[C@H]2CCCCN2CCCn2cnnn2)nc1. The van der Waals surface area contributed by atoms with Crippen molar-refractivity contribution >= 4 is 0 Å². The second-order valence-corrected chi connectivity index (χ2v) is 5.97. The predicted octanol–water partition coefficient (Wildman–Crippen LogP) is 1.95. The van der Waals surface area contributed by atoms with Crippen LogP contribution in [0.4, 0.5) is 0 Å². The molecule has 22 heavy (non-hydrogen) atoms. The molecule has 0 radical (unpaired) electrons. The van der Waals surface area contributed by atoms with E-state index >= 15 is 0 Å². The largest absolute Gasteiger partial charge is 0.300 e. The van der Waals surface area contributed by atoms with Crippen molar-refractivity contribution in [2.45, 2.75) is 51.1 Å². The lowest BCUT2D eigenvalue weighted by Gasteiger charge is -2.35. The van der Waals surface area contributed by atoms with Gasteiger partial charge >= 0.3 is 0 Å². The van der Waals surface area contributed by atoms with Gasteiger partial charge < -0.3 is 4.90 Å². The summed E-state index contributed by atoms with van der Waals surface area (Å²) in [5, 5.41) is 11.3. The van der Waals surface area contributed by atoms with Crippen molar-refractivity contribution in [1.29, 1.82) is 0 Å². The number of aromatic nitrogens is 5. The number of tetrazole rings is 1. The third kappa shape index (κ3) is 4.34. The molecule has 0 N–H and O–H groups in total. The average Bonchev–Trinajstić information content (AvgIpc) is 3.08. The van der Waals surface area contributed by atoms with Crippen LogP contribution in [0.3, 0.4) is 0 Å². The normalized spacial score (nSPS) is 19.4. The highest BCUT2D eigenvalue weighted by atomic mass is 15.5. The molecule has 1 fully saturated rings. The summed E-state index contributed by atoms with van der Waals surface area (Å²) in [6, 6.07) is 6.89. The number of likely N-dealkylation sites (tertiary alicyclic amines) is 1. The first-order valence-electron chi connectivity index (χ1n) is 8.26. The maximum absolute atomic E-state index is 4.44. The third-order valence-electron chi connectivity index (χ3n) is 4.43. The summed E-state index contributed by atoms with van der Waals surface area (Å²) < 4.78 is 1.81. The zero-order valence-corrected chi connectivity index (χ0v) is 13.0. The quantitative estimate of drug-likeness (QED) is 0.782. The van der Waals surface area contributed by atoms with Crippen molar-refractivity contribution < 1.29 is 0 Å². The van der Waals surface area contributed by atoms with E-state index in [1.54, 1.807) is 6.33 Å². The van der Waals surface area contributed by atoms with Gasteiger partial charge in [-0.3, -0.25) is 4.98 Å². The minimum absolute atomic E-state index is 0.699. The lowest BCUT2D eigenvalue weighted by atomic mass is 9.97. The van der Waals surface area contributed by atoms with E-state index in [1.165, 1.54) is 37.9 Å². The number of rotatable bonds is 7. The first-order valence-corrected chi connectivity index (χ1v) is 8.26. The zero-order chi connectivity index (χ0) is 15.0. The topological polar surface area (TPSA) is 59.7 Å². The Kier molecular flexibility index (Phi) is 5.48. The highest BCUT2D eigenvalue weighted by molar-refractivity contribution is 5.03. The Morgan fingerprint density at radius 2 is 2.18 bits per heavy atom. The maximum atomic E-state index is 4.44. The van der Waals surface area contributed by atoms with Gasteiger partial charge in [-0.05, 0) is 61.2 Å². The highest BCUT2D eigenvalue weighted by Crippen LogP contribution is 2.21. The summed E-state index contributed by atoms with van der Waals surface area (Å²) in [6.45, 7) is 3.26. The van der Waals surface area contributed by atoms with E-state index in [4.69, 9.17) is 0 Å². The van der Waals surface area contributed by atoms with Crippen molar-refractivity contribution in [3.05, 3.63) is 36.4 Å². The maximum Gasteiger partial charge on any atom is 0.138 e. The summed E-state index contributed by atoms with van der Waals surface area (Å²) >= 11 is 0. The number of hydrogen-bond donors (Lipinski definition) is 0. The van der Waals surface area contributed by atoms with E-state index < -0.39 is 0 Å². The van der Waals surface area contributed by atoms with E-state index in [-0.39, 0.29) is 0 Å². The van der Waals surface area contributed by atoms with Crippen molar-refractivity contribution in [2.75, 3.05) is 13.1 Å². The Balaban J connectivity index is 1.46. The van der Waals surface area contributed by atoms with Gasteiger partial charge in [0.2, 0.25) is 0 Å². The predicted molar refractivity (Wildman–Crippen MR) is 84.2 cm³/mol. The fourth-order valence-electron chi connectivity index (χ4n) is 3.26. The van der Waals surface area contributed by atoms with Crippen LogP contribution in [0.5, 0.6) is 0 Å². The smallest absolute Gasteiger partial charge is 0.138 e. The molecule has 1 aliphatic rings. The first-order chi connectivity index (χ1) is 10.9. The van der Waals surface area contributed by atoms with E-state index in [2.05, 4.69) is 37.5 Å². The van der Waals surface area contributed by atoms with E-state index in [0.29, 0.717) is 6.04 Å². The summed E-state index contributed by atoms with van der Waals surface area (Å²) in [5.41, 5.74) is 1.21. The van der Waals surface area contributed by atoms with E-state index in [9.17, 15) is 0 Å². The Bertz CT molecular complexity index is 527. The van der Waals surface area contributed by atoms with Gasteiger partial charge in [-0.1, -0.05) is 12.5 Å². The molecular formula is C16H24N6. The molecule has 0 aromatic carbocycles. The molecule has 3 rings (SSSR count). The van der Waals surface area contributed by atoms with Gasteiger partial charge in [0.25, 0.3) is 0 Å². The van der Waals surface area contributed by atoms with Crippen LogP contribution in [-0.2, 0) is 13.0 Å². The molecule has 0 amide bonds. The van der Waals surface area contributed by atoms with Crippen LogP contribution in [0, 0.1) is 0 Å². The molecule has 0 aliphatic carbocycles. The fraction of sp³-hybridized carbons (Fsp3) is 0.625. The summed E-state index contributed by atoms with van der Waals surface area (Å²) in [5.74, 6) is 0. The van der Waals surface area contributed by atoms with Crippen LogP contribution in [0.1, 0.15) is 37.8 Å². The lowest BCUT2D eigenvalue weighted by Crippen LogP contribution is -2.40. The lowest BCUT2D eigenvalue weighted by molar-refractivity contribution is 0.136. The van der Waals surface area contributed by atoms with Crippen LogP contribution in [0.25, 0.3) is 0 Å². The molecule has 2 aromatic heterocycles. The number of pyridine rings is 1. The minimum Gasteiger partial charge on any atom is -0.300 e. The monoisotopic (exact) mass is 300 g/mol. The Morgan fingerprint density at radius 1 is 1.18 bits per heavy atom. The van der Waals surface area contributed by atoms with E-state index in [1.807, 2.05) is 16.9 Å². The van der Waals surface area contributed by atoms with Gasteiger partial charge in [-0.25, -0.2) is 4.68 Å². The zero-order valence-electron chi connectivity index (χ0n) is 13.0. The molecule has 118 valence electrons. The standard InChI is InChI=1S/C16H24N6/c1-3-10-17-15(6-1)8-9-16-7-2-4-11-21(16)12-5-13-22-14-18-19-20-22/h1,3,6,10,14,16H,2,4-5,7-9,11-13H2/t16-/m1/s1. The molecule has 1 aliphatic heterocycles. The molecule has 1 saturated heterocycles. The van der Waals surface area contributed by atoms with Crippen molar-refractivity contribution in [3.63, 3.8) is 0 Å². The average molecular weight is 300 g/mol. The molecule has 3 heterocycles. The first kappa shape index (κ1) is 15.1. The second kappa shape index (κ2) is 7.98. The molecule has 1 atom stereocenters. The van der Waals surface area contributed by atoms with Gasteiger partial charge in [-0.2, -0.15) is 0 Å². The number of nitrogens with zero attached hydrogens (tertiary/aromatic N) is 6. The summed E-state index contributed by atoms with van der Waals surface area (Å²) in [7, 11) is 0.